The van der Waals surface area contributed by atoms with Gasteiger partial charge in [0, 0.05) is 12.1 Å². The van der Waals surface area contributed by atoms with Gasteiger partial charge < -0.3 is 5.32 Å². The molecule has 0 aliphatic carbocycles. The molecule has 0 atom stereocenters. The molecule has 1 aliphatic heterocycles. The Balaban J connectivity index is 2.35. The first-order valence-electron chi connectivity index (χ1n) is 4.93. The lowest BCUT2D eigenvalue weighted by molar-refractivity contribution is 0.619. The van der Waals surface area contributed by atoms with Crippen LogP contribution in [0.3, 0.4) is 0 Å². The molecule has 0 unspecified atom stereocenters. The summed E-state index contributed by atoms with van der Waals surface area (Å²) in [5.41, 5.74) is 2.78. The van der Waals surface area contributed by atoms with Crippen molar-refractivity contribution in [3.8, 4) is 0 Å². The van der Waals surface area contributed by atoms with E-state index in [1.54, 1.807) is 6.07 Å². The third kappa shape index (κ3) is 1.85. The van der Waals surface area contributed by atoms with Crippen LogP contribution in [-0.2, 0) is 0 Å². The normalized spacial score (nSPS) is 16.6. The van der Waals surface area contributed by atoms with E-state index in [2.05, 4.69) is 11.4 Å². The smallest absolute Gasteiger partial charge is 0.131 e. The van der Waals surface area contributed by atoms with Gasteiger partial charge >= 0.3 is 0 Å². The number of hydrogen-bond donors (Lipinski definition) is 1. The van der Waals surface area contributed by atoms with Crippen molar-refractivity contribution in [1.29, 1.82) is 0 Å². The van der Waals surface area contributed by atoms with Gasteiger partial charge in [0.2, 0.25) is 0 Å². The summed E-state index contributed by atoms with van der Waals surface area (Å²) >= 11 is 0. The van der Waals surface area contributed by atoms with Crippen molar-refractivity contribution in [2.45, 2.75) is 13.3 Å². The van der Waals surface area contributed by atoms with Crippen molar-refractivity contribution in [2.75, 3.05) is 13.1 Å². The Morgan fingerprint density at radius 3 is 2.86 bits per heavy atom. The molecule has 1 aliphatic rings. The third-order valence-electron chi connectivity index (χ3n) is 2.50. The van der Waals surface area contributed by atoms with Gasteiger partial charge in [0.05, 0.1) is 0 Å². The van der Waals surface area contributed by atoms with Crippen molar-refractivity contribution in [3.63, 3.8) is 0 Å². The number of halogens is 1. The summed E-state index contributed by atoms with van der Waals surface area (Å²) in [6.45, 7) is 3.68. The van der Waals surface area contributed by atoms with Crippen LogP contribution in [0.15, 0.2) is 24.3 Å². The molecule has 0 radical (unpaired) electrons. The maximum absolute atomic E-state index is 13.6. The number of benzene rings is 1. The van der Waals surface area contributed by atoms with E-state index in [0.29, 0.717) is 0 Å². The minimum absolute atomic E-state index is 0.111. The summed E-state index contributed by atoms with van der Waals surface area (Å²) in [5.74, 6) is -0.111. The van der Waals surface area contributed by atoms with Crippen LogP contribution in [0.4, 0.5) is 4.39 Å². The predicted molar refractivity (Wildman–Crippen MR) is 56.6 cm³/mol. The zero-order valence-electron chi connectivity index (χ0n) is 8.31. The second kappa shape index (κ2) is 3.93. The van der Waals surface area contributed by atoms with Crippen molar-refractivity contribution >= 4 is 5.57 Å². The van der Waals surface area contributed by atoms with E-state index >= 15 is 0 Å². The highest BCUT2D eigenvalue weighted by Gasteiger charge is 2.09. The van der Waals surface area contributed by atoms with Crippen molar-refractivity contribution < 1.29 is 4.39 Å². The third-order valence-corrected chi connectivity index (χ3v) is 2.50. The van der Waals surface area contributed by atoms with Crippen LogP contribution in [0.5, 0.6) is 0 Å². The van der Waals surface area contributed by atoms with Crippen LogP contribution >= 0.6 is 0 Å². The fourth-order valence-electron chi connectivity index (χ4n) is 1.73. The van der Waals surface area contributed by atoms with E-state index < -0.39 is 0 Å². The van der Waals surface area contributed by atoms with Crippen LogP contribution in [0.1, 0.15) is 17.5 Å². The van der Waals surface area contributed by atoms with E-state index in [-0.39, 0.29) is 5.82 Å². The van der Waals surface area contributed by atoms with Gasteiger partial charge in [-0.05, 0) is 37.1 Å². The summed E-state index contributed by atoms with van der Waals surface area (Å²) in [5, 5.41) is 3.24. The Morgan fingerprint density at radius 1 is 1.36 bits per heavy atom. The SMILES string of the molecule is Cc1ccc(C2=CCCNC2)c(F)c1. The molecule has 14 heavy (non-hydrogen) atoms. The number of aryl methyl sites for hydroxylation is 1. The average molecular weight is 191 g/mol. The van der Waals surface area contributed by atoms with E-state index in [1.165, 1.54) is 0 Å². The van der Waals surface area contributed by atoms with E-state index in [1.807, 2.05) is 19.1 Å². The molecule has 0 saturated carbocycles. The van der Waals surface area contributed by atoms with Gasteiger partial charge in [-0.25, -0.2) is 4.39 Å². The summed E-state index contributed by atoms with van der Waals surface area (Å²) < 4.78 is 13.6. The minimum atomic E-state index is -0.111. The molecule has 0 bridgehead atoms. The first kappa shape index (κ1) is 9.41. The van der Waals surface area contributed by atoms with Crippen LogP contribution in [0.2, 0.25) is 0 Å². The Morgan fingerprint density at radius 2 is 2.21 bits per heavy atom. The van der Waals surface area contributed by atoms with Crippen LogP contribution in [-0.4, -0.2) is 13.1 Å². The molecular formula is C12H14FN. The minimum Gasteiger partial charge on any atom is -0.312 e. The summed E-state index contributed by atoms with van der Waals surface area (Å²) in [6, 6.07) is 5.40. The topological polar surface area (TPSA) is 12.0 Å². The first-order chi connectivity index (χ1) is 6.77. The van der Waals surface area contributed by atoms with Gasteiger partial charge in [-0.2, -0.15) is 0 Å². The Kier molecular flexibility index (Phi) is 2.64. The molecule has 1 aromatic carbocycles. The fourth-order valence-corrected chi connectivity index (χ4v) is 1.73. The van der Waals surface area contributed by atoms with Crippen molar-refractivity contribution in [3.05, 3.63) is 41.2 Å². The molecule has 0 fully saturated rings. The molecule has 0 aromatic heterocycles. The van der Waals surface area contributed by atoms with Gasteiger partial charge in [-0.3, -0.25) is 0 Å². The molecule has 0 saturated heterocycles. The molecule has 1 aromatic rings. The maximum atomic E-state index is 13.6. The second-order valence-electron chi connectivity index (χ2n) is 3.68. The molecule has 1 heterocycles. The fraction of sp³-hybridized carbons (Fsp3) is 0.333. The van der Waals surface area contributed by atoms with Crippen LogP contribution in [0.25, 0.3) is 5.57 Å². The number of hydrogen-bond acceptors (Lipinski definition) is 1. The number of rotatable bonds is 1. The summed E-state index contributed by atoms with van der Waals surface area (Å²) in [7, 11) is 0. The zero-order chi connectivity index (χ0) is 9.97. The highest BCUT2D eigenvalue weighted by Crippen LogP contribution is 2.20. The Labute approximate surface area is 83.6 Å². The van der Waals surface area contributed by atoms with Crippen LogP contribution in [0, 0.1) is 12.7 Å². The molecule has 2 heteroatoms. The molecule has 0 amide bonds. The molecule has 0 spiro atoms. The summed E-state index contributed by atoms with van der Waals surface area (Å²) in [4.78, 5) is 0. The molecule has 74 valence electrons. The largest absolute Gasteiger partial charge is 0.312 e. The molecule has 2 rings (SSSR count). The summed E-state index contributed by atoms with van der Waals surface area (Å²) in [6.07, 6.45) is 3.10. The lowest BCUT2D eigenvalue weighted by Gasteiger charge is -2.15. The van der Waals surface area contributed by atoms with Gasteiger partial charge in [0.1, 0.15) is 5.82 Å². The molecular weight excluding hydrogens is 177 g/mol. The Bertz CT molecular complexity index is 369. The first-order valence-corrected chi connectivity index (χ1v) is 4.93. The second-order valence-corrected chi connectivity index (χ2v) is 3.68. The zero-order valence-corrected chi connectivity index (χ0v) is 8.31. The lowest BCUT2D eigenvalue weighted by Crippen LogP contribution is -2.21. The highest BCUT2D eigenvalue weighted by atomic mass is 19.1. The quantitative estimate of drug-likeness (QED) is 0.719. The van der Waals surface area contributed by atoms with Gasteiger partial charge in [-0.1, -0.05) is 18.2 Å². The molecule has 1 nitrogen and oxygen atoms in total. The monoisotopic (exact) mass is 191 g/mol. The van der Waals surface area contributed by atoms with Crippen molar-refractivity contribution in [2.24, 2.45) is 0 Å². The Hall–Kier alpha value is -1.15. The standard InChI is InChI=1S/C12H14FN/c1-9-4-5-11(12(13)7-9)10-3-2-6-14-8-10/h3-5,7,14H,2,6,8H2,1H3. The van der Waals surface area contributed by atoms with E-state index in [4.69, 9.17) is 0 Å². The van der Waals surface area contributed by atoms with Gasteiger partial charge in [0.25, 0.3) is 0 Å². The lowest BCUT2D eigenvalue weighted by atomic mass is 10.0. The van der Waals surface area contributed by atoms with Crippen LogP contribution < -0.4 is 5.32 Å². The predicted octanol–water partition coefficient (Wildman–Crippen LogP) is 2.51. The van der Waals surface area contributed by atoms with E-state index in [0.717, 1.165) is 36.2 Å². The van der Waals surface area contributed by atoms with Gasteiger partial charge in [-0.15, -0.1) is 0 Å². The van der Waals surface area contributed by atoms with Gasteiger partial charge in [0.15, 0.2) is 0 Å². The van der Waals surface area contributed by atoms with Crippen molar-refractivity contribution in [1.82, 2.24) is 5.32 Å². The average Bonchev–Trinajstić information content (AvgIpc) is 2.19. The van der Waals surface area contributed by atoms with E-state index in [9.17, 15) is 4.39 Å². The molecule has 1 N–H and O–H groups in total. The number of nitrogens with one attached hydrogen (secondary N) is 1. The maximum Gasteiger partial charge on any atom is 0.131 e. The highest BCUT2D eigenvalue weighted by molar-refractivity contribution is 5.68.